The standard InChI is InChI=1S/C10H18ClN3S/c1-9(2,3)7-12-8(15-14-7)13-10(4,5)6-11/h6H2,1-5H3,(H,12,13,14). The molecule has 0 saturated carbocycles. The largest absolute Gasteiger partial charge is 0.354 e. The minimum atomic E-state index is -0.143. The average molecular weight is 248 g/mol. The van der Waals surface area contributed by atoms with Gasteiger partial charge in [0.15, 0.2) is 0 Å². The van der Waals surface area contributed by atoms with Crippen LogP contribution in [0.2, 0.25) is 0 Å². The minimum absolute atomic E-state index is 0.00153. The molecule has 1 aromatic heterocycles. The van der Waals surface area contributed by atoms with Gasteiger partial charge in [0.1, 0.15) is 5.82 Å². The van der Waals surface area contributed by atoms with E-state index in [9.17, 15) is 0 Å². The Kier molecular flexibility index (Phi) is 3.61. The monoisotopic (exact) mass is 247 g/mol. The number of nitrogens with zero attached hydrogens (tertiary/aromatic N) is 2. The van der Waals surface area contributed by atoms with Crippen molar-refractivity contribution in [3.8, 4) is 0 Å². The molecular weight excluding hydrogens is 230 g/mol. The molecule has 1 N–H and O–H groups in total. The van der Waals surface area contributed by atoms with Crippen LogP contribution >= 0.6 is 23.1 Å². The van der Waals surface area contributed by atoms with Crippen molar-refractivity contribution in [2.75, 3.05) is 11.2 Å². The number of anilines is 1. The zero-order valence-electron chi connectivity index (χ0n) is 9.89. The summed E-state index contributed by atoms with van der Waals surface area (Å²) < 4.78 is 4.33. The van der Waals surface area contributed by atoms with Gasteiger partial charge in [-0.2, -0.15) is 4.37 Å². The smallest absolute Gasteiger partial charge is 0.203 e. The third kappa shape index (κ3) is 3.61. The molecule has 0 atom stereocenters. The second-order valence-electron chi connectivity index (χ2n) is 5.32. The Labute approximate surface area is 100 Å². The highest BCUT2D eigenvalue weighted by Crippen LogP contribution is 2.24. The Morgan fingerprint density at radius 1 is 1.27 bits per heavy atom. The maximum Gasteiger partial charge on any atom is 0.203 e. The first-order valence-electron chi connectivity index (χ1n) is 4.93. The number of halogens is 1. The first kappa shape index (κ1) is 12.7. The van der Waals surface area contributed by atoms with Crippen LogP contribution in [-0.4, -0.2) is 20.8 Å². The van der Waals surface area contributed by atoms with E-state index in [1.807, 2.05) is 13.8 Å². The van der Waals surface area contributed by atoms with Gasteiger partial charge in [0.05, 0.1) is 0 Å². The summed E-state index contributed by atoms with van der Waals surface area (Å²) >= 11 is 7.22. The van der Waals surface area contributed by atoms with Gasteiger partial charge in [-0.1, -0.05) is 20.8 Å². The van der Waals surface area contributed by atoms with Crippen LogP contribution < -0.4 is 5.32 Å². The lowest BCUT2D eigenvalue weighted by Gasteiger charge is -2.22. The van der Waals surface area contributed by atoms with Gasteiger partial charge in [-0.15, -0.1) is 11.6 Å². The molecule has 0 aliphatic heterocycles. The van der Waals surface area contributed by atoms with Crippen molar-refractivity contribution in [3.05, 3.63) is 5.82 Å². The summed E-state index contributed by atoms with van der Waals surface area (Å²) in [7, 11) is 0. The molecule has 5 heteroatoms. The van der Waals surface area contributed by atoms with E-state index < -0.39 is 0 Å². The molecule has 0 bridgehead atoms. The number of rotatable bonds is 3. The highest BCUT2D eigenvalue weighted by Gasteiger charge is 2.22. The maximum atomic E-state index is 5.83. The van der Waals surface area contributed by atoms with Crippen molar-refractivity contribution in [2.24, 2.45) is 0 Å². The molecule has 0 aliphatic rings. The van der Waals surface area contributed by atoms with Crippen molar-refractivity contribution in [1.29, 1.82) is 0 Å². The van der Waals surface area contributed by atoms with Gasteiger partial charge in [0.2, 0.25) is 5.13 Å². The predicted octanol–water partition coefficient (Wildman–Crippen LogP) is 3.26. The van der Waals surface area contributed by atoms with Crippen LogP contribution in [0.15, 0.2) is 0 Å². The molecule has 0 aromatic carbocycles. The van der Waals surface area contributed by atoms with Gasteiger partial charge in [0.25, 0.3) is 0 Å². The zero-order chi connectivity index (χ0) is 11.7. The van der Waals surface area contributed by atoms with Crippen LogP contribution in [0, 0.1) is 0 Å². The van der Waals surface area contributed by atoms with E-state index in [0.29, 0.717) is 5.88 Å². The number of hydrogen-bond acceptors (Lipinski definition) is 4. The van der Waals surface area contributed by atoms with Crippen molar-refractivity contribution >= 4 is 28.3 Å². The first-order chi connectivity index (χ1) is 6.74. The first-order valence-corrected chi connectivity index (χ1v) is 6.24. The van der Waals surface area contributed by atoms with Crippen LogP contribution in [0.25, 0.3) is 0 Å². The molecule has 1 heterocycles. The van der Waals surface area contributed by atoms with Crippen molar-refractivity contribution < 1.29 is 0 Å². The molecule has 0 unspecified atom stereocenters. The van der Waals surface area contributed by atoms with Crippen molar-refractivity contribution in [3.63, 3.8) is 0 Å². The summed E-state index contributed by atoms with van der Waals surface area (Å²) in [5.74, 6) is 1.41. The SMILES string of the molecule is CC(C)(CCl)Nc1nc(C(C)(C)C)ns1. The summed E-state index contributed by atoms with van der Waals surface area (Å²) in [4.78, 5) is 4.45. The van der Waals surface area contributed by atoms with E-state index in [2.05, 4.69) is 35.4 Å². The highest BCUT2D eigenvalue weighted by atomic mass is 35.5. The van der Waals surface area contributed by atoms with E-state index in [1.165, 1.54) is 11.5 Å². The molecule has 0 spiro atoms. The van der Waals surface area contributed by atoms with E-state index >= 15 is 0 Å². The van der Waals surface area contributed by atoms with Gasteiger partial charge in [-0.3, -0.25) is 0 Å². The Bertz CT molecular complexity index is 328. The summed E-state index contributed by atoms with van der Waals surface area (Å²) in [5, 5.41) is 4.11. The average Bonchev–Trinajstić information content (AvgIpc) is 2.51. The topological polar surface area (TPSA) is 37.8 Å². The van der Waals surface area contributed by atoms with Crippen LogP contribution in [0.1, 0.15) is 40.4 Å². The molecule has 1 aromatic rings. The Morgan fingerprint density at radius 3 is 2.27 bits per heavy atom. The fourth-order valence-electron chi connectivity index (χ4n) is 0.902. The van der Waals surface area contributed by atoms with E-state index in [1.54, 1.807) is 0 Å². The number of aromatic nitrogens is 2. The van der Waals surface area contributed by atoms with Gasteiger partial charge < -0.3 is 5.32 Å². The molecule has 0 amide bonds. The third-order valence-corrected chi connectivity index (χ3v) is 3.17. The molecule has 0 saturated heterocycles. The van der Waals surface area contributed by atoms with Crippen molar-refractivity contribution in [1.82, 2.24) is 9.36 Å². The van der Waals surface area contributed by atoms with E-state index in [4.69, 9.17) is 11.6 Å². The number of nitrogens with one attached hydrogen (secondary N) is 1. The second-order valence-corrected chi connectivity index (χ2v) is 6.33. The van der Waals surface area contributed by atoms with Crippen LogP contribution in [0.5, 0.6) is 0 Å². The fourth-order valence-corrected chi connectivity index (χ4v) is 1.91. The lowest BCUT2D eigenvalue weighted by molar-refractivity contribution is 0.553. The van der Waals surface area contributed by atoms with Crippen LogP contribution in [0.4, 0.5) is 5.13 Å². The van der Waals surface area contributed by atoms with Gasteiger partial charge in [-0.25, -0.2) is 4.98 Å². The second kappa shape index (κ2) is 4.26. The molecular formula is C10H18ClN3S. The fraction of sp³-hybridized carbons (Fsp3) is 0.800. The molecule has 0 fully saturated rings. The summed E-state index contributed by atoms with van der Waals surface area (Å²) in [5.41, 5.74) is -0.141. The summed E-state index contributed by atoms with van der Waals surface area (Å²) in [6.45, 7) is 10.4. The zero-order valence-corrected chi connectivity index (χ0v) is 11.5. The van der Waals surface area contributed by atoms with Gasteiger partial charge in [-0.05, 0) is 13.8 Å². The van der Waals surface area contributed by atoms with E-state index in [-0.39, 0.29) is 11.0 Å². The number of hydrogen-bond donors (Lipinski definition) is 1. The minimum Gasteiger partial charge on any atom is -0.354 e. The Balaban J connectivity index is 2.78. The van der Waals surface area contributed by atoms with Crippen LogP contribution in [0.3, 0.4) is 0 Å². The van der Waals surface area contributed by atoms with Gasteiger partial charge in [0, 0.05) is 28.4 Å². The Morgan fingerprint density at radius 2 is 1.87 bits per heavy atom. The predicted molar refractivity (Wildman–Crippen MR) is 67.0 cm³/mol. The molecule has 1 rings (SSSR count). The maximum absolute atomic E-state index is 5.83. The highest BCUT2D eigenvalue weighted by molar-refractivity contribution is 7.09. The third-order valence-electron chi connectivity index (χ3n) is 1.88. The molecule has 0 radical (unpaired) electrons. The van der Waals surface area contributed by atoms with Crippen LogP contribution in [-0.2, 0) is 5.41 Å². The summed E-state index contributed by atoms with van der Waals surface area (Å²) in [6.07, 6.45) is 0. The van der Waals surface area contributed by atoms with Gasteiger partial charge >= 0.3 is 0 Å². The Hall–Kier alpha value is -0.350. The van der Waals surface area contributed by atoms with E-state index in [0.717, 1.165) is 11.0 Å². The lowest BCUT2D eigenvalue weighted by Crippen LogP contribution is -2.32. The molecule has 86 valence electrons. The van der Waals surface area contributed by atoms with Crippen molar-refractivity contribution in [2.45, 2.75) is 45.6 Å². The normalized spacial score (nSPS) is 12.9. The molecule has 3 nitrogen and oxygen atoms in total. The molecule has 15 heavy (non-hydrogen) atoms. The molecule has 0 aliphatic carbocycles. The lowest BCUT2D eigenvalue weighted by atomic mass is 9.96. The quantitative estimate of drug-likeness (QED) is 0.834. The number of alkyl halides is 1. The summed E-state index contributed by atoms with van der Waals surface area (Å²) in [6, 6.07) is 0.